The van der Waals surface area contributed by atoms with Gasteiger partial charge in [0, 0.05) is 33.9 Å². The van der Waals surface area contributed by atoms with Gasteiger partial charge in [-0.25, -0.2) is 4.79 Å². The Hall–Kier alpha value is -4.42. The summed E-state index contributed by atoms with van der Waals surface area (Å²) < 4.78 is 0. The first-order valence-corrected chi connectivity index (χ1v) is 13.0. The number of fused-ring (bicyclic) bond motifs is 1. The molecule has 0 bridgehead atoms. The van der Waals surface area contributed by atoms with Crippen molar-refractivity contribution in [1.29, 1.82) is 0 Å². The average molecular weight is 539 g/mol. The normalized spacial score (nSPS) is 13.3. The first-order chi connectivity index (χ1) is 18.7. The summed E-state index contributed by atoms with van der Waals surface area (Å²) in [4.78, 5) is 39.2. The van der Waals surface area contributed by atoms with Crippen LogP contribution in [0.25, 0.3) is 22.3 Å². The Morgan fingerprint density at radius 1 is 0.846 bits per heavy atom. The van der Waals surface area contributed by atoms with Crippen molar-refractivity contribution in [2.45, 2.75) is 26.4 Å². The maximum absolute atomic E-state index is 13.1. The van der Waals surface area contributed by atoms with E-state index in [1.165, 1.54) is 4.90 Å². The van der Waals surface area contributed by atoms with E-state index in [2.05, 4.69) is 5.32 Å². The van der Waals surface area contributed by atoms with E-state index in [-0.39, 0.29) is 24.3 Å². The van der Waals surface area contributed by atoms with Crippen LogP contribution in [-0.4, -0.2) is 33.8 Å². The van der Waals surface area contributed by atoms with Crippen LogP contribution in [0.4, 0.5) is 5.69 Å². The summed E-state index contributed by atoms with van der Waals surface area (Å²) in [5.41, 5.74) is 5.86. The van der Waals surface area contributed by atoms with Gasteiger partial charge in [-0.3, -0.25) is 9.59 Å². The summed E-state index contributed by atoms with van der Waals surface area (Å²) in [6, 6.07) is 27.2. The fourth-order valence-corrected chi connectivity index (χ4v) is 5.25. The van der Waals surface area contributed by atoms with Crippen molar-refractivity contribution in [3.63, 3.8) is 0 Å². The van der Waals surface area contributed by atoms with Gasteiger partial charge in [-0.2, -0.15) is 0 Å². The zero-order chi connectivity index (χ0) is 27.7. The second-order valence-electron chi connectivity index (χ2n) is 9.92. The lowest BCUT2D eigenvalue weighted by molar-refractivity contribution is -0.144. The minimum absolute atomic E-state index is 0.227. The Morgan fingerprint density at radius 3 is 2.15 bits per heavy atom. The number of hydrogen-bond acceptors (Lipinski definition) is 3. The molecular formula is C32H27ClN2O4. The van der Waals surface area contributed by atoms with Crippen molar-refractivity contribution in [1.82, 2.24) is 4.90 Å². The van der Waals surface area contributed by atoms with Gasteiger partial charge in [-0.15, -0.1) is 0 Å². The van der Waals surface area contributed by atoms with Gasteiger partial charge in [0.2, 0.25) is 0 Å². The Morgan fingerprint density at radius 2 is 1.51 bits per heavy atom. The zero-order valence-electron chi connectivity index (χ0n) is 21.5. The van der Waals surface area contributed by atoms with Gasteiger partial charge in [0.25, 0.3) is 11.8 Å². The molecular weight excluding hydrogens is 512 g/mol. The molecule has 1 aliphatic rings. The maximum Gasteiger partial charge on any atom is 0.326 e. The standard InChI is InChI=1S/C32H27ClN2O4/c1-19(2)29(32(38)39)35-18-24-9-8-22(16-27(24)31(35)37)26-15-12-23(17-28(26)33)30(36)34-25-13-10-21(11-14-25)20-6-4-3-5-7-20/h3-17,19,29H,18H2,1-2H3,(H,34,36)(H,38,39)/t29-/m0/s1. The van der Waals surface area contributed by atoms with Gasteiger partial charge in [0.1, 0.15) is 6.04 Å². The number of hydrogen-bond donors (Lipinski definition) is 2. The van der Waals surface area contributed by atoms with E-state index >= 15 is 0 Å². The molecule has 196 valence electrons. The number of carbonyl (C=O) groups is 3. The lowest BCUT2D eigenvalue weighted by Crippen LogP contribution is -2.44. The molecule has 0 aromatic heterocycles. The molecule has 1 aliphatic heterocycles. The molecule has 0 fully saturated rings. The SMILES string of the molecule is CC(C)[C@@H](C(=O)O)N1Cc2ccc(-c3ccc(C(=O)Nc4ccc(-c5ccccc5)cc4)cc3Cl)cc2C1=O. The number of benzene rings is 4. The fraction of sp³-hybridized carbons (Fsp3) is 0.156. The Balaban J connectivity index is 1.32. The number of carboxylic acid groups (broad SMARTS) is 1. The van der Waals surface area contributed by atoms with Gasteiger partial charge in [-0.1, -0.05) is 86.1 Å². The molecule has 5 rings (SSSR count). The quantitative estimate of drug-likeness (QED) is 0.265. The molecule has 0 aliphatic carbocycles. The molecule has 0 unspecified atom stereocenters. The topological polar surface area (TPSA) is 86.7 Å². The molecule has 39 heavy (non-hydrogen) atoms. The molecule has 1 heterocycles. The first kappa shape index (κ1) is 26.2. The Labute approximate surface area is 231 Å². The summed E-state index contributed by atoms with van der Waals surface area (Å²) in [6.45, 7) is 3.83. The van der Waals surface area contributed by atoms with Crippen LogP contribution < -0.4 is 5.32 Å². The predicted molar refractivity (Wildman–Crippen MR) is 153 cm³/mol. The van der Waals surface area contributed by atoms with Crippen molar-refractivity contribution in [3.8, 4) is 22.3 Å². The number of anilines is 1. The van der Waals surface area contributed by atoms with Crippen LogP contribution in [0.2, 0.25) is 5.02 Å². The van der Waals surface area contributed by atoms with E-state index in [9.17, 15) is 19.5 Å². The summed E-state index contributed by atoms with van der Waals surface area (Å²) in [6.07, 6.45) is 0. The Bertz CT molecular complexity index is 1570. The zero-order valence-corrected chi connectivity index (χ0v) is 22.3. The summed E-state index contributed by atoms with van der Waals surface area (Å²) in [7, 11) is 0. The second kappa shape index (κ2) is 10.8. The maximum atomic E-state index is 13.1. The third-order valence-corrected chi connectivity index (χ3v) is 7.27. The predicted octanol–water partition coefficient (Wildman–Crippen LogP) is 6.99. The van der Waals surface area contributed by atoms with Gasteiger partial charge >= 0.3 is 5.97 Å². The highest BCUT2D eigenvalue weighted by Gasteiger charge is 2.38. The lowest BCUT2D eigenvalue weighted by atomic mass is 9.99. The molecule has 7 heteroatoms. The highest BCUT2D eigenvalue weighted by molar-refractivity contribution is 6.33. The molecule has 2 amide bonds. The molecule has 4 aromatic carbocycles. The minimum Gasteiger partial charge on any atom is -0.480 e. The summed E-state index contributed by atoms with van der Waals surface area (Å²) >= 11 is 6.60. The summed E-state index contributed by atoms with van der Waals surface area (Å²) in [5.74, 6) is -1.84. The van der Waals surface area contributed by atoms with Gasteiger partial charge < -0.3 is 15.3 Å². The monoisotopic (exact) mass is 538 g/mol. The van der Waals surface area contributed by atoms with Crippen molar-refractivity contribution in [3.05, 3.63) is 113 Å². The van der Waals surface area contributed by atoms with Crippen LogP contribution in [0.3, 0.4) is 0 Å². The Kier molecular flexibility index (Phi) is 7.22. The molecule has 2 N–H and O–H groups in total. The van der Waals surface area contributed by atoms with E-state index in [1.807, 2.05) is 66.7 Å². The molecule has 6 nitrogen and oxygen atoms in total. The molecule has 0 saturated heterocycles. The first-order valence-electron chi connectivity index (χ1n) is 12.7. The number of nitrogens with one attached hydrogen (secondary N) is 1. The van der Waals surface area contributed by atoms with Crippen molar-refractivity contribution < 1.29 is 19.5 Å². The number of nitrogens with zero attached hydrogens (tertiary/aromatic N) is 1. The van der Waals surface area contributed by atoms with Crippen LogP contribution in [0.15, 0.2) is 91.0 Å². The lowest BCUT2D eigenvalue weighted by Gasteiger charge is -2.27. The molecule has 0 radical (unpaired) electrons. The van der Waals surface area contributed by atoms with Crippen molar-refractivity contribution in [2.24, 2.45) is 5.92 Å². The van der Waals surface area contributed by atoms with Crippen molar-refractivity contribution >= 4 is 35.1 Å². The number of carboxylic acids is 1. The second-order valence-corrected chi connectivity index (χ2v) is 10.3. The largest absolute Gasteiger partial charge is 0.480 e. The van der Waals surface area contributed by atoms with Crippen LogP contribution >= 0.6 is 11.6 Å². The third-order valence-electron chi connectivity index (χ3n) is 6.95. The van der Waals surface area contributed by atoms with E-state index in [0.717, 1.165) is 16.7 Å². The van der Waals surface area contributed by atoms with E-state index in [0.29, 0.717) is 33.0 Å². The fourth-order valence-electron chi connectivity index (χ4n) is 4.96. The van der Waals surface area contributed by atoms with Gasteiger partial charge in [0.05, 0.1) is 0 Å². The molecule has 4 aromatic rings. The third kappa shape index (κ3) is 5.29. The molecule has 1 atom stereocenters. The number of amides is 2. The van der Waals surface area contributed by atoms with E-state index < -0.39 is 12.0 Å². The summed E-state index contributed by atoms with van der Waals surface area (Å²) in [5, 5.41) is 12.9. The highest BCUT2D eigenvalue weighted by Crippen LogP contribution is 2.34. The van der Waals surface area contributed by atoms with Gasteiger partial charge in [-0.05, 0) is 58.5 Å². The number of carbonyl (C=O) groups excluding carboxylic acids is 2. The molecule has 0 saturated carbocycles. The number of aliphatic carboxylic acids is 1. The average Bonchev–Trinajstić information content (AvgIpc) is 3.24. The van der Waals surface area contributed by atoms with E-state index in [1.54, 1.807) is 38.1 Å². The van der Waals surface area contributed by atoms with Crippen molar-refractivity contribution in [2.75, 3.05) is 5.32 Å². The number of rotatable bonds is 7. The highest BCUT2D eigenvalue weighted by atomic mass is 35.5. The van der Waals surface area contributed by atoms with E-state index in [4.69, 9.17) is 11.6 Å². The smallest absolute Gasteiger partial charge is 0.326 e. The van der Waals surface area contributed by atoms with Crippen LogP contribution in [0.1, 0.15) is 40.1 Å². The van der Waals surface area contributed by atoms with Crippen LogP contribution in [0.5, 0.6) is 0 Å². The number of halogens is 1. The van der Waals surface area contributed by atoms with Gasteiger partial charge in [0.15, 0.2) is 0 Å². The van der Waals surface area contributed by atoms with Crippen LogP contribution in [-0.2, 0) is 11.3 Å². The minimum atomic E-state index is -1.02. The molecule has 0 spiro atoms. The van der Waals surface area contributed by atoms with Crippen LogP contribution in [0, 0.1) is 5.92 Å².